The molecule has 2 N–H and O–H groups in total. The molecule has 2 heterocycles. The van der Waals surface area contributed by atoms with Crippen LogP contribution < -0.4 is 16.0 Å². The number of carbonyl (C=O) groups excluding carboxylic acids is 1. The number of rotatable bonds is 6. The zero-order chi connectivity index (χ0) is 20.4. The molecule has 0 bridgehead atoms. The van der Waals surface area contributed by atoms with Crippen LogP contribution in [0.1, 0.15) is 21.7 Å². The van der Waals surface area contributed by atoms with E-state index < -0.39 is 5.97 Å². The smallest absolute Gasteiger partial charge is 0.258 e. The fourth-order valence-electron chi connectivity index (χ4n) is 2.59. The van der Waals surface area contributed by atoms with E-state index in [9.17, 15) is 14.7 Å². The molecule has 8 nitrogen and oxygen atoms in total. The van der Waals surface area contributed by atoms with Crippen LogP contribution in [0.2, 0.25) is 0 Å². The first-order chi connectivity index (χ1) is 14.0. The van der Waals surface area contributed by atoms with Gasteiger partial charge in [-0.3, -0.25) is 4.79 Å². The highest BCUT2D eigenvalue weighted by atomic mass is 32.2. The lowest BCUT2D eigenvalue weighted by atomic mass is 10.1. The van der Waals surface area contributed by atoms with E-state index in [1.54, 1.807) is 0 Å². The van der Waals surface area contributed by atoms with Crippen LogP contribution in [0.5, 0.6) is 0 Å². The van der Waals surface area contributed by atoms with Crippen LogP contribution in [0.4, 0.5) is 10.8 Å². The molecule has 0 saturated heterocycles. The summed E-state index contributed by atoms with van der Waals surface area (Å²) in [6.07, 6.45) is 0. The second kappa shape index (κ2) is 8.02. The number of nitrogens with zero attached hydrogens (tertiary/aromatic N) is 3. The van der Waals surface area contributed by atoms with Crippen molar-refractivity contribution in [3.63, 3.8) is 0 Å². The Kier molecular flexibility index (Phi) is 5.28. The van der Waals surface area contributed by atoms with Gasteiger partial charge in [0.15, 0.2) is 4.34 Å². The standard InChI is InChI=1S/C19H15N5O3S2/c1-10-2-5-12(6-3-10)20-18-23-24-19(29-18)28-9-15-21-14-8-11(17(26)27)4-7-13(14)16(25)22-15/h2-8H,9H2,1H3,(H,20,23)(H,26,27)(H,21,22,25)/p-1. The van der Waals surface area contributed by atoms with Crippen LogP contribution in [0.3, 0.4) is 0 Å². The van der Waals surface area contributed by atoms with Crippen molar-refractivity contribution in [2.75, 3.05) is 5.32 Å². The summed E-state index contributed by atoms with van der Waals surface area (Å²) in [6, 6.07) is 12.0. The number of hydrogen-bond donors (Lipinski definition) is 2. The van der Waals surface area contributed by atoms with E-state index in [1.807, 2.05) is 31.2 Å². The molecule has 2 aromatic carbocycles. The van der Waals surface area contributed by atoms with E-state index in [0.29, 0.717) is 32.0 Å². The van der Waals surface area contributed by atoms with Crippen molar-refractivity contribution in [1.29, 1.82) is 0 Å². The predicted molar refractivity (Wildman–Crippen MR) is 111 cm³/mol. The average Bonchev–Trinajstić information content (AvgIpc) is 3.15. The molecule has 0 unspecified atom stereocenters. The maximum Gasteiger partial charge on any atom is 0.258 e. The summed E-state index contributed by atoms with van der Waals surface area (Å²) in [5.41, 5.74) is 2.06. The molecule has 10 heteroatoms. The van der Waals surface area contributed by atoms with Crippen molar-refractivity contribution in [2.24, 2.45) is 0 Å². The van der Waals surface area contributed by atoms with Crippen molar-refractivity contribution in [3.8, 4) is 0 Å². The van der Waals surface area contributed by atoms with Crippen LogP contribution in [-0.2, 0) is 5.75 Å². The van der Waals surface area contributed by atoms with Crippen LogP contribution in [-0.4, -0.2) is 26.1 Å². The monoisotopic (exact) mass is 424 g/mol. The van der Waals surface area contributed by atoms with Gasteiger partial charge in [-0.1, -0.05) is 46.9 Å². The molecule has 0 amide bonds. The fourth-order valence-corrected chi connectivity index (χ4v) is 4.23. The van der Waals surface area contributed by atoms with Gasteiger partial charge in [-0.05, 0) is 36.8 Å². The number of aryl methyl sites for hydroxylation is 1. The first-order valence-corrected chi connectivity index (χ1v) is 10.3. The number of carboxylic acid groups (broad SMARTS) is 1. The van der Waals surface area contributed by atoms with Crippen LogP contribution in [0.15, 0.2) is 51.6 Å². The molecule has 4 rings (SSSR count). The normalized spacial score (nSPS) is 10.9. The zero-order valence-electron chi connectivity index (χ0n) is 15.1. The highest BCUT2D eigenvalue weighted by Gasteiger charge is 2.09. The fraction of sp³-hybridized carbons (Fsp3) is 0.105. The number of carboxylic acids is 1. The van der Waals surface area contributed by atoms with E-state index >= 15 is 0 Å². The summed E-state index contributed by atoms with van der Waals surface area (Å²) < 4.78 is 0.714. The minimum Gasteiger partial charge on any atom is -0.545 e. The van der Waals surface area contributed by atoms with Gasteiger partial charge < -0.3 is 20.2 Å². The highest BCUT2D eigenvalue weighted by molar-refractivity contribution is 8.00. The molecule has 0 aliphatic carbocycles. The minimum absolute atomic E-state index is 0.0230. The Bertz CT molecular complexity index is 1250. The Hall–Kier alpha value is -3.24. The van der Waals surface area contributed by atoms with E-state index in [-0.39, 0.29) is 11.1 Å². The quantitative estimate of drug-likeness (QED) is 0.453. The average molecular weight is 424 g/mol. The zero-order valence-corrected chi connectivity index (χ0v) is 16.8. The number of aromatic carboxylic acids is 1. The molecular formula is C19H14N5O3S2-. The largest absolute Gasteiger partial charge is 0.545 e. The van der Waals surface area contributed by atoms with Gasteiger partial charge in [-0.15, -0.1) is 10.2 Å². The Labute approximate surface area is 173 Å². The summed E-state index contributed by atoms with van der Waals surface area (Å²) >= 11 is 2.77. The second-order valence-corrected chi connectivity index (χ2v) is 8.38. The Balaban J connectivity index is 1.48. The first kappa shape index (κ1) is 19.1. The number of nitrogens with one attached hydrogen (secondary N) is 2. The van der Waals surface area contributed by atoms with Gasteiger partial charge in [-0.2, -0.15) is 0 Å². The summed E-state index contributed by atoms with van der Waals surface area (Å²) in [6.45, 7) is 2.02. The number of anilines is 2. The third kappa shape index (κ3) is 4.44. The van der Waals surface area contributed by atoms with Crippen molar-refractivity contribution >= 4 is 50.8 Å². The van der Waals surface area contributed by atoms with Crippen LogP contribution >= 0.6 is 23.1 Å². The molecule has 2 aromatic heterocycles. The van der Waals surface area contributed by atoms with Gasteiger partial charge in [0.05, 0.1) is 22.6 Å². The maximum absolute atomic E-state index is 12.2. The molecule has 0 radical (unpaired) electrons. The number of aromatic amines is 1. The van der Waals surface area contributed by atoms with Gasteiger partial charge in [0.2, 0.25) is 5.13 Å². The molecule has 0 atom stereocenters. The molecule has 0 aliphatic rings. The Morgan fingerprint density at radius 3 is 2.76 bits per heavy atom. The summed E-state index contributed by atoms with van der Waals surface area (Å²) in [7, 11) is 0. The van der Waals surface area contributed by atoms with Crippen molar-refractivity contribution in [3.05, 3.63) is 69.8 Å². The van der Waals surface area contributed by atoms with Crippen molar-refractivity contribution in [1.82, 2.24) is 20.2 Å². The van der Waals surface area contributed by atoms with E-state index in [1.165, 1.54) is 46.9 Å². The van der Waals surface area contributed by atoms with Gasteiger partial charge in [0.25, 0.3) is 5.56 Å². The number of benzene rings is 2. The highest BCUT2D eigenvalue weighted by Crippen LogP contribution is 2.29. The van der Waals surface area contributed by atoms with Gasteiger partial charge in [0.1, 0.15) is 5.82 Å². The van der Waals surface area contributed by atoms with Crippen molar-refractivity contribution < 1.29 is 9.90 Å². The lowest BCUT2D eigenvalue weighted by Gasteiger charge is -2.05. The molecule has 0 fully saturated rings. The molecule has 0 saturated carbocycles. The maximum atomic E-state index is 12.2. The van der Waals surface area contributed by atoms with E-state index in [0.717, 1.165) is 5.69 Å². The van der Waals surface area contributed by atoms with E-state index in [2.05, 4.69) is 25.5 Å². The molecule has 0 aliphatic heterocycles. The number of carbonyl (C=O) groups is 1. The molecule has 0 spiro atoms. The Morgan fingerprint density at radius 1 is 1.21 bits per heavy atom. The topological polar surface area (TPSA) is 124 Å². The SMILES string of the molecule is Cc1ccc(Nc2nnc(SCc3nc4cc(C(=O)[O-])ccc4c(=O)[nH]3)s2)cc1. The predicted octanol–water partition coefficient (Wildman–Crippen LogP) is 2.48. The number of hydrogen-bond acceptors (Lipinski definition) is 9. The molecule has 4 aromatic rings. The van der Waals surface area contributed by atoms with Gasteiger partial charge in [0, 0.05) is 5.69 Å². The van der Waals surface area contributed by atoms with Crippen molar-refractivity contribution in [2.45, 2.75) is 17.0 Å². The number of H-pyrrole nitrogens is 1. The molecule has 146 valence electrons. The minimum atomic E-state index is -1.31. The van der Waals surface area contributed by atoms with Crippen LogP contribution in [0.25, 0.3) is 10.9 Å². The number of aromatic nitrogens is 4. The van der Waals surface area contributed by atoms with Crippen LogP contribution in [0, 0.1) is 6.92 Å². The summed E-state index contributed by atoms with van der Waals surface area (Å²) in [5, 5.41) is 23.5. The lowest BCUT2D eigenvalue weighted by Crippen LogP contribution is -2.22. The molecular weight excluding hydrogens is 410 g/mol. The van der Waals surface area contributed by atoms with E-state index in [4.69, 9.17) is 0 Å². The number of fused-ring (bicyclic) bond motifs is 1. The number of thioether (sulfide) groups is 1. The first-order valence-electron chi connectivity index (χ1n) is 8.52. The van der Waals surface area contributed by atoms with Gasteiger partial charge >= 0.3 is 0 Å². The third-order valence-electron chi connectivity index (χ3n) is 4.03. The second-order valence-electron chi connectivity index (χ2n) is 6.18. The summed E-state index contributed by atoms with van der Waals surface area (Å²) in [4.78, 5) is 30.3. The molecule has 29 heavy (non-hydrogen) atoms. The summed E-state index contributed by atoms with van der Waals surface area (Å²) in [5.74, 6) is -0.529. The third-order valence-corrected chi connectivity index (χ3v) is 6.02. The Morgan fingerprint density at radius 2 is 2.00 bits per heavy atom. The van der Waals surface area contributed by atoms with Gasteiger partial charge in [-0.25, -0.2) is 4.98 Å². The lowest BCUT2D eigenvalue weighted by molar-refractivity contribution is -0.255.